The van der Waals surface area contributed by atoms with Gasteiger partial charge in [0.05, 0.1) is 5.56 Å². The molecule has 0 radical (unpaired) electrons. The molecule has 354 valence electrons. The fourth-order valence-corrected chi connectivity index (χ4v) is 10.3. The van der Waals surface area contributed by atoms with E-state index in [0.29, 0.717) is 29.0 Å². The highest BCUT2D eigenvalue weighted by Crippen LogP contribution is 2.50. The summed E-state index contributed by atoms with van der Waals surface area (Å²) in [7, 11) is 0. The smallest absolute Gasteiger partial charge is 0.170 e. The Labute approximate surface area is 432 Å². The minimum absolute atomic E-state index is 0.267. The second kappa shape index (κ2) is 18.5. The number of fused-ring (bicyclic) bond motifs is 5. The fraction of sp³-hybridized carbons (Fsp3) is 0.0299. The van der Waals surface area contributed by atoms with Crippen LogP contribution in [0.15, 0.2) is 254 Å². The highest BCUT2D eigenvalue weighted by Gasteiger charge is 2.33. The molecule has 8 aromatic carbocycles. The van der Waals surface area contributed by atoms with E-state index in [0.717, 1.165) is 105 Å². The van der Waals surface area contributed by atoms with Gasteiger partial charge in [0.2, 0.25) is 0 Å². The lowest BCUT2D eigenvalue weighted by Crippen LogP contribution is -2.38. The van der Waals surface area contributed by atoms with Crippen LogP contribution in [-0.2, 0) is 0 Å². The maximum Gasteiger partial charge on any atom is 0.170 e. The van der Waals surface area contributed by atoms with Crippen molar-refractivity contribution in [1.29, 1.82) is 0 Å². The fourth-order valence-electron chi connectivity index (χ4n) is 10.3. The van der Waals surface area contributed by atoms with Crippen molar-refractivity contribution in [3.8, 4) is 112 Å². The van der Waals surface area contributed by atoms with Crippen molar-refractivity contribution < 1.29 is 13.9 Å². The molecule has 0 N–H and O–H groups in total. The molecule has 14 rings (SSSR count). The molecular weight excluding hydrogens is 923 g/mol. The maximum absolute atomic E-state index is 6.93. The summed E-state index contributed by atoms with van der Waals surface area (Å²) in [5.41, 5.74) is 16.4. The number of aromatic nitrogens is 5. The van der Waals surface area contributed by atoms with Crippen LogP contribution in [0.2, 0.25) is 0 Å². The van der Waals surface area contributed by atoms with Crippen molar-refractivity contribution in [3.63, 3.8) is 0 Å². The van der Waals surface area contributed by atoms with Gasteiger partial charge in [-0.3, -0.25) is 9.97 Å². The second-order valence-corrected chi connectivity index (χ2v) is 18.7. The molecule has 8 heteroatoms. The summed E-state index contributed by atoms with van der Waals surface area (Å²) in [5, 5.41) is 2.06. The molecule has 8 nitrogen and oxygen atoms in total. The third-order valence-corrected chi connectivity index (χ3v) is 14.1. The van der Waals surface area contributed by atoms with Crippen molar-refractivity contribution in [3.05, 3.63) is 249 Å². The molecule has 75 heavy (non-hydrogen) atoms. The van der Waals surface area contributed by atoms with Gasteiger partial charge in [-0.2, -0.15) is 0 Å². The quantitative estimate of drug-likeness (QED) is 0.141. The maximum atomic E-state index is 6.93. The van der Waals surface area contributed by atoms with E-state index in [9.17, 15) is 0 Å². The number of rotatable bonds is 9. The SMILES string of the molecule is C1=CC2Oc3c(-c4ccc(-c5ccc(-c6nc(-c7cccc(-c8ccccc8)c7)nc(-c7cccc8c7oc7ccccc78)n6)cc5)cc4)ccc(-c4cc(-c5cccnc5)cc(-c5cccnc5)c4)c3OC2C=C1. The molecule has 0 saturated carbocycles. The zero-order valence-corrected chi connectivity index (χ0v) is 40.3. The van der Waals surface area contributed by atoms with E-state index >= 15 is 0 Å². The lowest BCUT2D eigenvalue weighted by Gasteiger charge is -2.34. The summed E-state index contributed by atoms with van der Waals surface area (Å²) in [6.07, 6.45) is 15.0. The van der Waals surface area contributed by atoms with Gasteiger partial charge in [-0.1, -0.05) is 152 Å². The first-order valence-corrected chi connectivity index (χ1v) is 25.0. The molecule has 0 amide bonds. The minimum Gasteiger partial charge on any atom is -0.478 e. The Balaban J connectivity index is 0.819. The van der Waals surface area contributed by atoms with Crippen LogP contribution in [0.5, 0.6) is 11.5 Å². The Kier molecular flexibility index (Phi) is 10.8. The molecule has 2 atom stereocenters. The molecule has 0 bridgehead atoms. The zero-order chi connectivity index (χ0) is 49.7. The lowest BCUT2D eigenvalue weighted by atomic mass is 9.91. The number of para-hydroxylation sites is 2. The van der Waals surface area contributed by atoms with Gasteiger partial charge in [0.15, 0.2) is 41.2 Å². The van der Waals surface area contributed by atoms with Gasteiger partial charge in [-0.15, -0.1) is 0 Å². The van der Waals surface area contributed by atoms with Crippen LogP contribution in [0, 0.1) is 0 Å². The molecule has 1 aliphatic carbocycles. The summed E-state index contributed by atoms with van der Waals surface area (Å²) in [5.74, 6) is 3.09. The average molecular weight is 966 g/mol. The predicted octanol–water partition coefficient (Wildman–Crippen LogP) is 16.2. The molecule has 12 aromatic rings. The van der Waals surface area contributed by atoms with E-state index < -0.39 is 0 Å². The van der Waals surface area contributed by atoms with Gasteiger partial charge in [0.25, 0.3) is 0 Å². The van der Waals surface area contributed by atoms with Crippen LogP contribution < -0.4 is 9.47 Å². The van der Waals surface area contributed by atoms with Gasteiger partial charge in [-0.05, 0) is 117 Å². The van der Waals surface area contributed by atoms with E-state index in [-0.39, 0.29) is 12.2 Å². The van der Waals surface area contributed by atoms with Crippen molar-refractivity contribution >= 4 is 21.9 Å². The van der Waals surface area contributed by atoms with Crippen LogP contribution in [0.1, 0.15) is 0 Å². The van der Waals surface area contributed by atoms with Gasteiger partial charge < -0.3 is 13.9 Å². The first kappa shape index (κ1) is 43.7. The normalized spacial score (nSPS) is 14.5. The lowest BCUT2D eigenvalue weighted by molar-refractivity contribution is 0.0769. The van der Waals surface area contributed by atoms with Crippen molar-refractivity contribution in [2.45, 2.75) is 12.2 Å². The molecule has 1 aliphatic heterocycles. The Bertz CT molecular complexity index is 4120. The Morgan fingerprint density at radius 3 is 1.48 bits per heavy atom. The number of furan rings is 1. The van der Waals surface area contributed by atoms with Gasteiger partial charge >= 0.3 is 0 Å². The summed E-state index contributed by atoms with van der Waals surface area (Å²) in [6, 6.07) is 69.0. The topological polar surface area (TPSA) is 96.1 Å². The summed E-state index contributed by atoms with van der Waals surface area (Å²) >= 11 is 0. The number of allylic oxidation sites excluding steroid dienone is 2. The number of hydrogen-bond acceptors (Lipinski definition) is 8. The van der Waals surface area contributed by atoms with E-state index in [4.69, 9.17) is 28.8 Å². The Hall–Kier alpha value is -10.1. The number of pyridine rings is 2. The summed E-state index contributed by atoms with van der Waals surface area (Å²) in [4.78, 5) is 24.3. The van der Waals surface area contributed by atoms with E-state index in [1.165, 1.54) is 0 Å². The summed E-state index contributed by atoms with van der Waals surface area (Å²) < 4.78 is 20.3. The van der Waals surface area contributed by atoms with Crippen LogP contribution >= 0.6 is 0 Å². The number of hydrogen-bond donors (Lipinski definition) is 0. The first-order chi connectivity index (χ1) is 37.1. The number of benzene rings is 8. The Morgan fingerprint density at radius 2 is 0.813 bits per heavy atom. The second-order valence-electron chi connectivity index (χ2n) is 18.7. The number of ether oxygens (including phenoxy) is 2. The predicted molar refractivity (Wildman–Crippen MR) is 299 cm³/mol. The third kappa shape index (κ3) is 8.21. The monoisotopic (exact) mass is 965 g/mol. The van der Waals surface area contributed by atoms with Crippen LogP contribution in [0.3, 0.4) is 0 Å². The van der Waals surface area contributed by atoms with Gasteiger partial charge in [-0.25, -0.2) is 15.0 Å². The molecule has 2 aliphatic rings. The number of nitrogens with zero attached hydrogens (tertiary/aromatic N) is 5. The molecule has 4 aromatic heterocycles. The molecule has 0 saturated heterocycles. The van der Waals surface area contributed by atoms with Crippen LogP contribution in [0.25, 0.3) is 123 Å². The van der Waals surface area contributed by atoms with Crippen LogP contribution in [0.4, 0.5) is 0 Å². The average Bonchev–Trinajstić information content (AvgIpc) is 3.89. The van der Waals surface area contributed by atoms with E-state index in [1.807, 2.05) is 73.1 Å². The molecule has 0 spiro atoms. The Morgan fingerprint density at radius 1 is 0.320 bits per heavy atom. The minimum atomic E-state index is -0.270. The van der Waals surface area contributed by atoms with E-state index in [2.05, 4.69) is 174 Å². The standard InChI is InChI=1S/C67H43N5O3/c1-2-12-42(13-3-1)47-14-8-15-48(36-47)66-70-65(71-67(72-66)58-20-9-19-57-56-18-4-5-21-59(56)73-62(57)58)46-30-26-44(27-31-46)43-24-28-45(29-25-43)54-32-33-55(64-63(54)74-60-22-6-7-23-61(60)75-64)53-38-51(49-16-10-34-68-40-49)37-52(39-53)50-17-11-35-69-41-50/h1-41,60-61H. The third-order valence-electron chi connectivity index (χ3n) is 14.1. The van der Waals surface area contributed by atoms with Gasteiger partial charge in [0, 0.05) is 68.9 Å². The van der Waals surface area contributed by atoms with Crippen molar-refractivity contribution in [1.82, 2.24) is 24.9 Å². The first-order valence-electron chi connectivity index (χ1n) is 25.0. The van der Waals surface area contributed by atoms with Crippen molar-refractivity contribution in [2.75, 3.05) is 0 Å². The highest BCUT2D eigenvalue weighted by atomic mass is 16.6. The molecule has 0 fully saturated rings. The van der Waals surface area contributed by atoms with E-state index in [1.54, 1.807) is 12.4 Å². The summed E-state index contributed by atoms with van der Waals surface area (Å²) in [6.45, 7) is 0. The van der Waals surface area contributed by atoms with Gasteiger partial charge in [0.1, 0.15) is 11.2 Å². The van der Waals surface area contributed by atoms with Crippen LogP contribution in [-0.4, -0.2) is 37.1 Å². The highest BCUT2D eigenvalue weighted by molar-refractivity contribution is 6.09. The molecule has 5 heterocycles. The van der Waals surface area contributed by atoms with Crippen molar-refractivity contribution in [2.24, 2.45) is 0 Å². The molecular formula is C67H43N5O3. The zero-order valence-electron chi connectivity index (χ0n) is 40.3. The largest absolute Gasteiger partial charge is 0.478 e. The molecule has 2 unspecified atom stereocenters.